The molecular formula is C24H27Cl2N7O2. The Labute approximate surface area is 213 Å². The first-order valence-electron chi connectivity index (χ1n) is 11.1. The van der Waals surface area contributed by atoms with Crippen molar-refractivity contribution in [3.63, 3.8) is 0 Å². The molecular weight excluding hydrogens is 489 g/mol. The zero-order valence-corrected chi connectivity index (χ0v) is 21.1. The van der Waals surface area contributed by atoms with E-state index < -0.39 is 0 Å². The average Bonchev–Trinajstić information content (AvgIpc) is 3.34. The Balaban J connectivity index is 1.44. The highest BCUT2D eigenvalue weighted by molar-refractivity contribution is 6.35. The number of anilines is 1. The number of carbonyl (C=O) groups is 1. The van der Waals surface area contributed by atoms with Crippen LogP contribution in [-0.2, 0) is 6.61 Å². The first kappa shape index (κ1) is 24.8. The minimum Gasteiger partial charge on any atom is -0.489 e. The molecule has 1 fully saturated rings. The van der Waals surface area contributed by atoms with Gasteiger partial charge in [0.05, 0.1) is 28.0 Å². The number of amides is 2. The normalized spacial score (nSPS) is 14.1. The van der Waals surface area contributed by atoms with Crippen LogP contribution < -0.4 is 10.5 Å². The standard InChI is InChI=1S/C24H27Cl2N7O2/c1-31(2)24(34)32-7-5-16(6-8-32)33-13-15(10-30-33)23(28)18-9-17(3-4-22(18)27)35-14-19-20(25)11-29-12-21(19)26/h3-4,9-13,16,28H,5-8,14,27H2,1-2H3. The smallest absolute Gasteiger partial charge is 0.319 e. The van der Waals surface area contributed by atoms with Crippen molar-refractivity contribution in [3.05, 3.63) is 69.7 Å². The molecule has 2 aromatic heterocycles. The van der Waals surface area contributed by atoms with E-state index in [1.807, 2.05) is 15.8 Å². The van der Waals surface area contributed by atoms with Gasteiger partial charge in [0.25, 0.3) is 0 Å². The molecule has 3 N–H and O–H groups in total. The summed E-state index contributed by atoms with van der Waals surface area (Å²) in [6.45, 7) is 1.50. The summed E-state index contributed by atoms with van der Waals surface area (Å²) in [6, 6.07) is 5.36. The highest BCUT2D eigenvalue weighted by Crippen LogP contribution is 2.28. The Morgan fingerprint density at radius 3 is 2.54 bits per heavy atom. The maximum Gasteiger partial charge on any atom is 0.319 e. The van der Waals surface area contributed by atoms with Crippen LogP contribution in [-0.4, -0.2) is 63.5 Å². The number of nitrogens with one attached hydrogen (secondary N) is 1. The van der Waals surface area contributed by atoms with Gasteiger partial charge in [-0.1, -0.05) is 23.2 Å². The summed E-state index contributed by atoms with van der Waals surface area (Å²) in [7, 11) is 3.52. The van der Waals surface area contributed by atoms with Crippen molar-refractivity contribution >= 4 is 40.6 Å². The quantitative estimate of drug-likeness (QED) is 0.371. The highest BCUT2D eigenvalue weighted by Gasteiger charge is 2.25. The fourth-order valence-electron chi connectivity index (χ4n) is 4.00. The van der Waals surface area contributed by atoms with E-state index >= 15 is 0 Å². The maximum atomic E-state index is 12.2. The number of pyridine rings is 1. The van der Waals surface area contributed by atoms with Gasteiger partial charge in [-0.15, -0.1) is 0 Å². The molecule has 0 saturated carbocycles. The Hall–Kier alpha value is -3.30. The van der Waals surface area contributed by atoms with E-state index in [1.165, 1.54) is 12.4 Å². The third kappa shape index (κ3) is 5.52. The van der Waals surface area contributed by atoms with E-state index in [1.54, 1.807) is 43.4 Å². The number of nitrogens with two attached hydrogens (primary N) is 1. The van der Waals surface area contributed by atoms with Gasteiger partial charge in [0, 0.05) is 68.2 Å². The largest absolute Gasteiger partial charge is 0.489 e. The zero-order chi connectivity index (χ0) is 25.1. The van der Waals surface area contributed by atoms with E-state index in [0.29, 0.717) is 51.3 Å². The van der Waals surface area contributed by atoms with Gasteiger partial charge in [0.1, 0.15) is 12.4 Å². The van der Waals surface area contributed by atoms with Gasteiger partial charge >= 0.3 is 6.03 Å². The molecule has 1 aromatic carbocycles. The molecule has 1 aliphatic heterocycles. The summed E-state index contributed by atoms with van der Waals surface area (Å²) in [5.41, 5.74) is 8.73. The number of hydrogen-bond donors (Lipinski definition) is 2. The first-order chi connectivity index (χ1) is 16.7. The number of ether oxygens (including phenoxy) is 1. The minimum atomic E-state index is 0.0254. The second-order valence-corrected chi connectivity index (χ2v) is 9.41. The van der Waals surface area contributed by atoms with Gasteiger partial charge in [-0.3, -0.25) is 15.1 Å². The van der Waals surface area contributed by atoms with Crippen molar-refractivity contribution in [1.82, 2.24) is 24.6 Å². The number of nitrogens with zero attached hydrogens (tertiary/aromatic N) is 5. The fraction of sp³-hybridized carbons (Fsp3) is 0.333. The van der Waals surface area contributed by atoms with Crippen LogP contribution in [0, 0.1) is 5.41 Å². The summed E-state index contributed by atoms with van der Waals surface area (Å²) in [6.07, 6.45) is 8.16. The van der Waals surface area contributed by atoms with Gasteiger partial charge in [-0.2, -0.15) is 5.10 Å². The third-order valence-electron chi connectivity index (χ3n) is 6.01. The summed E-state index contributed by atoms with van der Waals surface area (Å²) >= 11 is 12.3. The lowest BCUT2D eigenvalue weighted by molar-refractivity contribution is 0.146. The predicted octanol–water partition coefficient (Wildman–Crippen LogP) is 4.48. The van der Waals surface area contributed by atoms with Crippen molar-refractivity contribution in [2.24, 2.45) is 0 Å². The van der Waals surface area contributed by atoms with Gasteiger partial charge < -0.3 is 20.3 Å². The molecule has 0 unspecified atom stereocenters. The van der Waals surface area contributed by atoms with Gasteiger partial charge in [0.2, 0.25) is 0 Å². The third-order valence-corrected chi connectivity index (χ3v) is 6.66. The average molecular weight is 516 g/mol. The van der Waals surface area contributed by atoms with Gasteiger partial charge in [-0.25, -0.2) is 4.79 Å². The number of likely N-dealkylation sites (tertiary alicyclic amines) is 1. The molecule has 2 amide bonds. The SMILES string of the molecule is CN(C)C(=O)N1CCC(n2cc(C(=N)c3cc(OCc4c(Cl)cncc4Cl)ccc3N)cn2)CC1. The second-order valence-electron chi connectivity index (χ2n) is 8.60. The lowest BCUT2D eigenvalue weighted by Crippen LogP contribution is -2.44. The number of aromatic nitrogens is 3. The Kier molecular flexibility index (Phi) is 7.47. The van der Waals surface area contributed by atoms with E-state index in [2.05, 4.69) is 10.1 Å². The number of nitrogen functional groups attached to an aromatic ring is 1. The van der Waals surface area contributed by atoms with E-state index in [-0.39, 0.29) is 24.4 Å². The number of carbonyl (C=O) groups excluding carboxylic acids is 1. The topological polar surface area (TPSA) is 113 Å². The number of halogens is 2. The van der Waals surface area contributed by atoms with Crippen LogP contribution in [0.2, 0.25) is 10.0 Å². The molecule has 35 heavy (non-hydrogen) atoms. The van der Waals surface area contributed by atoms with Crippen molar-refractivity contribution in [2.45, 2.75) is 25.5 Å². The highest BCUT2D eigenvalue weighted by atomic mass is 35.5. The molecule has 184 valence electrons. The predicted molar refractivity (Wildman–Crippen MR) is 137 cm³/mol. The maximum absolute atomic E-state index is 12.2. The van der Waals surface area contributed by atoms with E-state index in [0.717, 1.165) is 12.8 Å². The molecule has 11 heteroatoms. The van der Waals surface area contributed by atoms with Crippen molar-refractivity contribution < 1.29 is 9.53 Å². The summed E-state index contributed by atoms with van der Waals surface area (Å²) in [5.74, 6) is 0.535. The number of piperidine rings is 1. The molecule has 0 atom stereocenters. The van der Waals surface area contributed by atoms with Crippen molar-refractivity contribution in [2.75, 3.05) is 32.9 Å². The number of urea groups is 1. The Morgan fingerprint density at radius 1 is 1.20 bits per heavy atom. The monoisotopic (exact) mass is 515 g/mol. The summed E-state index contributed by atoms with van der Waals surface area (Å²) in [4.78, 5) is 19.6. The van der Waals surface area contributed by atoms with Gasteiger partial charge in [0.15, 0.2) is 0 Å². The van der Waals surface area contributed by atoms with Crippen LogP contribution in [0.3, 0.4) is 0 Å². The van der Waals surface area contributed by atoms with Crippen LogP contribution in [0.15, 0.2) is 43.0 Å². The van der Waals surface area contributed by atoms with E-state index in [9.17, 15) is 4.79 Å². The molecule has 0 radical (unpaired) electrons. The molecule has 1 saturated heterocycles. The number of benzene rings is 1. The molecule has 1 aliphatic rings. The van der Waals surface area contributed by atoms with Crippen molar-refractivity contribution in [1.29, 1.82) is 5.41 Å². The molecule has 0 spiro atoms. The number of hydrogen-bond acceptors (Lipinski definition) is 6. The van der Waals surface area contributed by atoms with Crippen LogP contribution in [0.4, 0.5) is 10.5 Å². The van der Waals surface area contributed by atoms with Crippen LogP contribution in [0.5, 0.6) is 5.75 Å². The Bertz CT molecular complexity index is 1220. The molecule has 0 bridgehead atoms. The summed E-state index contributed by atoms with van der Waals surface area (Å²) in [5, 5.41) is 14.1. The van der Waals surface area contributed by atoms with Crippen LogP contribution >= 0.6 is 23.2 Å². The minimum absolute atomic E-state index is 0.0254. The van der Waals surface area contributed by atoms with Gasteiger partial charge in [-0.05, 0) is 31.0 Å². The van der Waals surface area contributed by atoms with Crippen LogP contribution in [0.25, 0.3) is 0 Å². The van der Waals surface area contributed by atoms with E-state index in [4.69, 9.17) is 39.1 Å². The van der Waals surface area contributed by atoms with Crippen LogP contribution in [0.1, 0.15) is 35.6 Å². The lowest BCUT2D eigenvalue weighted by atomic mass is 10.0. The molecule has 3 heterocycles. The Morgan fingerprint density at radius 2 is 1.89 bits per heavy atom. The lowest BCUT2D eigenvalue weighted by Gasteiger charge is -2.33. The zero-order valence-electron chi connectivity index (χ0n) is 19.5. The molecule has 3 aromatic rings. The fourth-order valence-corrected chi connectivity index (χ4v) is 4.47. The molecule has 4 rings (SSSR count). The summed E-state index contributed by atoms with van der Waals surface area (Å²) < 4.78 is 7.76. The molecule has 0 aliphatic carbocycles. The first-order valence-corrected chi connectivity index (χ1v) is 11.9. The van der Waals surface area contributed by atoms with Crippen molar-refractivity contribution in [3.8, 4) is 5.75 Å². The second kappa shape index (κ2) is 10.5. The number of rotatable bonds is 6. The molecule has 9 nitrogen and oxygen atoms in total.